The molecule has 194 valence electrons. The fourth-order valence-electron chi connectivity index (χ4n) is 3.79. The van der Waals surface area contributed by atoms with Gasteiger partial charge in [-0.1, -0.05) is 41.4 Å². The van der Waals surface area contributed by atoms with Gasteiger partial charge in [0.1, 0.15) is 11.5 Å². The van der Waals surface area contributed by atoms with E-state index < -0.39 is 23.7 Å². The molecule has 38 heavy (non-hydrogen) atoms. The first-order valence-electron chi connectivity index (χ1n) is 11.2. The van der Waals surface area contributed by atoms with Crippen LogP contribution in [0.3, 0.4) is 0 Å². The standard InChI is InChI=1S/C27H21Cl2N3O6/c1-15-23(27(36)37-2)20(26(35)32(15)17-6-4-3-5-7-17)13-18-9-10-19(38-18)14-30-24(33)25(34)31-16-8-11-21(28)22(29)12-16/h3-13H,14H2,1-2H3,(H,30,33)(H,31,34)/b20-13+. The van der Waals surface area contributed by atoms with Gasteiger partial charge in [-0.3, -0.25) is 19.3 Å². The van der Waals surface area contributed by atoms with Crippen molar-refractivity contribution in [2.75, 3.05) is 17.3 Å². The molecule has 0 atom stereocenters. The van der Waals surface area contributed by atoms with Gasteiger partial charge in [0.2, 0.25) is 0 Å². The summed E-state index contributed by atoms with van der Waals surface area (Å²) in [5.74, 6) is -2.30. The molecule has 2 aromatic carbocycles. The fourth-order valence-corrected chi connectivity index (χ4v) is 4.08. The number of halogens is 2. The number of esters is 1. The highest BCUT2D eigenvalue weighted by Crippen LogP contribution is 2.35. The maximum absolute atomic E-state index is 13.3. The Bertz CT molecular complexity index is 1490. The van der Waals surface area contributed by atoms with Gasteiger partial charge in [0, 0.05) is 17.1 Å². The van der Waals surface area contributed by atoms with Crippen molar-refractivity contribution in [2.24, 2.45) is 0 Å². The summed E-state index contributed by atoms with van der Waals surface area (Å²) >= 11 is 11.8. The van der Waals surface area contributed by atoms with Crippen LogP contribution in [-0.2, 0) is 30.5 Å². The van der Waals surface area contributed by atoms with E-state index in [9.17, 15) is 19.2 Å². The molecule has 11 heteroatoms. The van der Waals surface area contributed by atoms with Crippen molar-refractivity contribution >= 4 is 64.3 Å². The maximum Gasteiger partial charge on any atom is 0.340 e. The third-order valence-electron chi connectivity index (χ3n) is 5.58. The Balaban J connectivity index is 1.47. The number of benzene rings is 2. The zero-order valence-electron chi connectivity index (χ0n) is 20.2. The van der Waals surface area contributed by atoms with Gasteiger partial charge in [0.25, 0.3) is 5.91 Å². The average molecular weight is 554 g/mol. The van der Waals surface area contributed by atoms with Crippen LogP contribution in [0.4, 0.5) is 11.4 Å². The third kappa shape index (κ3) is 5.64. The van der Waals surface area contributed by atoms with Crippen LogP contribution in [0.5, 0.6) is 0 Å². The van der Waals surface area contributed by atoms with Gasteiger partial charge in [-0.2, -0.15) is 0 Å². The number of carbonyl (C=O) groups is 4. The topological polar surface area (TPSA) is 118 Å². The number of hydrogen-bond donors (Lipinski definition) is 2. The Labute approximate surface area is 227 Å². The van der Waals surface area contributed by atoms with Crippen LogP contribution in [0, 0.1) is 0 Å². The van der Waals surface area contributed by atoms with E-state index in [4.69, 9.17) is 32.4 Å². The summed E-state index contributed by atoms with van der Waals surface area (Å²) < 4.78 is 10.6. The van der Waals surface area contributed by atoms with Gasteiger partial charge in [0.15, 0.2) is 0 Å². The molecule has 0 unspecified atom stereocenters. The molecule has 1 aliphatic rings. The number of amides is 3. The summed E-state index contributed by atoms with van der Waals surface area (Å²) in [4.78, 5) is 51.6. The quantitative estimate of drug-likeness (QED) is 0.259. The molecule has 9 nitrogen and oxygen atoms in total. The van der Waals surface area contributed by atoms with E-state index in [-0.39, 0.29) is 28.5 Å². The molecule has 0 saturated heterocycles. The van der Waals surface area contributed by atoms with Crippen LogP contribution in [0.2, 0.25) is 10.0 Å². The summed E-state index contributed by atoms with van der Waals surface area (Å²) in [5, 5.41) is 5.42. The van der Waals surface area contributed by atoms with E-state index in [0.717, 1.165) is 0 Å². The molecule has 0 bridgehead atoms. The zero-order valence-corrected chi connectivity index (χ0v) is 21.7. The predicted octanol–water partition coefficient (Wildman–Crippen LogP) is 4.72. The molecule has 0 radical (unpaired) electrons. The van der Waals surface area contributed by atoms with E-state index in [2.05, 4.69) is 10.6 Å². The highest BCUT2D eigenvalue weighted by atomic mass is 35.5. The van der Waals surface area contributed by atoms with Crippen molar-refractivity contribution in [3.05, 3.63) is 99.1 Å². The summed E-state index contributed by atoms with van der Waals surface area (Å²) in [5.41, 5.74) is 1.55. The molecule has 0 saturated carbocycles. The van der Waals surface area contributed by atoms with Crippen LogP contribution < -0.4 is 15.5 Å². The van der Waals surface area contributed by atoms with Crippen molar-refractivity contribution in [3.8, 4) is 0 Å². The van der Waals surface area contributed by atoms with E-state index in [1.165, 1.54) is 36.3 Å². The molecule has 4 rings (SSSR count). The van der Waals surface area contributed by atoms with Crippen molar-refractivity contribution in [3.63, 3.8) is 0 Å². The normalized spacial score (nSPS) is 14.2. The molecular formula is C27H21Cl2N3O6. The second kappa shape index (κ2) is 11.4. The highest BCUT2D eigenvalue weighted by Gasteiger charge is 2.38. The lowest BCUT2D eigenvalue weighted by Crippen LogP contribution is -2.34. The van der Waals surface area contributed by atoms with E-state index in [1.54, 1.807) is 43.3 Å². The molecular weight excluding hydrogens is 533 g/mol. The van der Waals surface area contributed by atoms with Crippen LogP contribution >= 0.6 is 23.2 Å². The first-order valence-corrected chi connectivity index (χ1v) is 12.0. The third-order valence-corrected chi connectivity index (χ3v) is 6.32. The lowest BCUT2D eigenvalue weighted by atomic mass is 10.1. The van der Waals surface area contributed by atoms with Crippen molar-refractivity contribution in [2.45, 2.75) is 13.5 Å². The van der Waals surface area contributed by atoms with Gasteiger partial charge in [0.05, 0.1) is 34.8 Å². The van der Waals surface area contributed by atoms with Gasteiger partial charge < -0.3 is 19.8 Å². The van der Waals surface area contributed by atoms with Gasteiger partial charge >= 0.3 is 17.8 Å². The number of methoxy groups -OCH3 is 1. The molecule has 0 fully saturated rings. The highest BCUT2D eigenvalue weighted by molar-refractivity contribution is 6.43. The summed E-state index contributed by atoms with van der Waals surface area (Å²) in [6.45, 7) is 1.56. The minimum absolute atomic E-state index is 0.0976. The summed E-state index contributed by atoms with van der Waals surface area (Å²) in [7, 11) is 1.24. The van der Waals surface area contributed by atoms with Gasteiger partial charge in [-0.05, 0) is 55.5 Å². The fraction of sp³-hybridized carbons (Fsp3) is 0.111. The van der Waals surface area contributed by atoms with Gasteiger partial charge in [-0.15, -0.1) is 0 Å². The number of nitrogens with zero attached hydrogens (tertiary/aromatic N) is 1. The number of nitrogens with one attached hydrogen (secondary N) is 2. The van der Waals surface area contributed by atoms with Crippen LogP contribution in [0.25, 0.3) is 6.08 Å². The van der Waals surface area contributed by atoms with Crippen LogP contribution in [0.1, 0.15) is 18.4 Å². The maximum atomic E-state index is 13.3. The number of para-hydroxylation sites is 1. The van der Waals surface area contributed by atoms with E-state index >= 15 is 0 Å². The molecule has 0 aliphatic carbocycles. The van der Waals surface area contributed by atoms with E-state index in [0.29, 0.717) is 27.9 Å². The molecule has 2 heterocycles. The minimum atomic E-state index is -0.904. The second-order valence-electron chi connectivity index (χ2n) is 8.06. The van der Waals surface area contributed by atoms with Gasteiger partial charge in [-0.25, -0.2) is 4.79 Å². The summed E-state index contributed by atoms with van der Waals surface area (Å²) in [6, 6.07) is 16.5. The number of anilines is 2. The number of ether oxygens (including phenoxy) is 1. The first-order chi connectivity index (χ1) is 18.2. The zero-order chi connectivity index (χ0) is 27.4. The Morgan fingerprint density at radius 2 is 1.74 bits per heavy atom. The Morgan fingerprint density at radius 3 is 2.42 bits per heavy atom. The Kier molecular flexibility index (Phi) is 7.99. The van der Waals surface area contributed by atoms with Crippen molar-refractivity contribution in [1.29, 1.82) is 0 Å². The van der Waals surface area contributed by atoms with E-state index in [1.807, 2.05) is 6.07 Å². The summed E-state index contributed by atoms with van der Waals surface area (Å²) in [6.07, 6.45) is 1.43. The SMILES string of the molecule is COC(=O)C1=C(C)N(c2ccccc2)C(=O)/C1=C/c1ccc(CNC(=O)C(=O)Nc2ccc(Cl)c(Cl)c2)o1. The molecule has 1 aliphatic heterocycles. The number of furan rings is 1. The number of carbonyl (C=O) groups excluding carboxylic acids is 4. The lowest BCUT2D eigenvalue weighted by molar-refractivity contribution is -0.136. The number of hydrogen-bond acceptors (Lipinski definition) is 6. The average Bonchev–Trinajstić information content (AvgIpc) is 3.46. The van der Waals surface area contributed by atoms with Crippen molar-refractivity contribution < 1.29 is 28.3 Å². The molecule has 2 N–H and O–H groups in total. The largest absolute Gasteiger partial charge is 0.465 e. The monoisotopic (exact) mass is 553 g/mol. The smallest absolute Gasteiger partial charge is 0.340 e. The number of allylic oxidation sites excluding steroid dienone is 1. The van der Waals surface area contributed by atoms with Crippen LogP contribution in [0.15, 0.2) is 81.9 Å². The molecule has 3 amide bonds. The number of rotatable bonds is 6. The Morgan fingerprint density at radius 1 is 1.00 bits per heavy atom. The second-order valence-corrected chi connectivity index (χ2v) is 8.87. The molecule has 3 aromatic rings. The Hall–Kier alpha value is -4.34. The predicted molar refractivity (Wildman–Crippen MR) is 142 cm³/mol. The van der Waals surface area contributed by atoms with Crippen LogP contribution in [-0.4, -0.2) is 30.8 Å². The minimum Gasteiger partial charge on any atom is -0.465 e. The van der Waals surface area contributed by atoms with Crippen molar-refractivity contribution in [1.82, 2.24) is 5.32 Å². The lowest BCUT2D eigenvalue weighted by Gasteiger charge is -2.17. The first kappa shape index (κ1) is 26.7. The molecule has 0 spiro atoms. The molecule has 1 aromatic heterocycles.